The summed E-state index contributed by atoms with van der Waals surface area (Å²) < 4.78 is 2.04. The number of carboxylic acids is 1. The summed E-state index contributed by atoms with van der Waals surface area (Å²) in [5.74, 6) is -0.621. The third kappa shape index (κ3) is 5.82. The van der Waals surface area contributed by atoms with Crippen LogP contribution in [0.1, 0.15) is 67.2 Å². The van der Waals surface area contributed by atoms with E-state index >= 15 is 0 Å². The number of rotatable bonds is 10. The number of carbonyl (C=O) groups excluding carboxylic acids is 1. The number of aromatic nitrogens is 3. The van der Waals surface area contributed by atoms with E-state index in [0.717, 1.165) is 44.6 Å². The number of carbonyl (C=O) groups is 2. The van der Waals surface area contributed by atoms with Crippen molar-refractivity contribution in [3.63, 3.8) is 0 Å². The van der Waals surface area contributed by atoms with Crippen LogP contribution < -0.4 is 0 Å². The normalized spacial score (nSPS) is 12.2. The molecule has 1 unspecified atom stereocenters. The summed E-state index contributed by atoms with van der Waals surface area (Å²) >= 11 is 6.14. The highest BCUT2D eigenvalue weighted by molar-refractivity contribution is 6.30. The summed E-state index contributed by atoms with van der Waals surface area (Å²) in [4.78, 5) is 27.5. The lowest BCUT2D eigenvalue weighted by Crippen LogP contribution is -2.15. The Morgan fingerprint density at radius 2 is 1.83 bits per heavy atom. The average Bonchev–Trinajstić information content (AvgIpc) is 3.25. The Morgan fingerprint density at radius 3 is 2.50 bits per heavy atom. The van der Waals surface area contributed by atoms with E-state index in [4.69, 9.17) is 21.8 Å². The van der Waals surface area contributed by atoms with Crippen LogP contribution in [-0.4, -0.2) is 31.6 Å². The second-order valence-corrected chi connectivity index (χ2v) is 10.1. The molecule has 2 aromatic carbocycles. The first-order valence-electron chi connectivity index (χ1n) is 12.2. The zero-order valence-electron chi connectivity index (χ0n) is 20.7. The molecule has 0 saturated heterocycles. The molecule has 1 N–H and O–H groups in total. The monoisotopic (exact) mass is 503 g/mol. The molecule has 4 rings (SSSR count). The molecule has 36 heavy (non-hydrogen) atoms. The highest BCUT2D eigenvalue weighted by Gasteiger charge is 2.20. The average molecular weight is 504 g/mol. The minimum Gasteiger partial charge on any atom is -0.481 e. The van der Waals surface area contributed by atoms with Crippen LogP contribution in [-0.2, 0) is 4.79 Å². The summed E-state index contributed by atoms with van der Waals surface area (Å²) in [7, 11) is 0. The molecule has 0 aliphatic carbocycles. The van der Waals surface area contributed by atoms with Crippen molar-refractivity contribution in [3.05, 3.63) is 82.8 Å². The SMILES string of the molecule is Cc1cc(Cl)ccc1-c1ccc2c(cnn2C(CC(C)C)c2ccc(C(=O)CCCC(=O)O)nc2)c1. The lowest BCUT2D eigenvalue weighted by Gasteiger charge is -2.21. The maximum absolute atomic E-state index is 12.4. The van der Waals surface area contributed by atoms with Crippen molar-refractivity contribution >= 4 is 34.3 Å². The molecule has 6 nitrogen and oxygen atoms in total. The Labute approximate surface area is 215 Å². The number of halogens is 1. The highest BCUT2D eigenvalue weighted by atomic mass is 35.5. The van der Waals surface area contributed by atoms with E-state index in [0.29, 0.717) is 18.0 Å². The van der Waals surface area contributed by atoms with Crippen LogP contribution in [0.3, 0.4) is 0 Å². The van der Waals surface area contributed by atoms with Gasteiger partial charge in [0.15, 0.2) is 5.78 Å². The maximum Gasteiger partial charge on any atom is 0.303 e. The number of ketones is 1. The van der Waals surface area contributed by atoms with Crippen LogP contribution in [0.2, 0.25) is 5.02 Å². The number of Topliss-reactive ketones (excluding diaryl/α,β-unsaturated/α-hetero) is 1. The molecule has 7 heteroatoms. The van der Waals surface area contributed by atoms with Crippen LogP contribution in [0, 0.1) is 12.8 Å². The van der Waals surface area contributed by atoms with Crippen LogP contribution in [0.25, 0.3) is 22.0 Å². The summed E-state index contributed by atoms with van der Waals surface area (Å²) in [5, 5.41) is 15.3. The van der Waals surface area contributed by atoms with Crippen molar-refractivity contribution in [2.75, 3.05) is 0 Å². The Morgan fingerprint density at radius 1 is 1.03 bits per heavy atom. The molecule has 0 aliphatic heterocycles. The molecule has 0 radical (unpaired) electrons. The van der Waals surface area contributed by atoms with Gasteiger partial charge in [-0.25, -0.2) is 0 Å². The molecule has 1 atom stereocenters. The number of fused-ring (bicyclic) bond motifs is 1. The highest BCUT2D eigenvalue weighted by Crippen LogP contribution is 2.32. The predicted molar refractivity (Wildman–Crippen MR) is 143 cm³/mol. The number of pyridine rings is 1. The molecule has 0 bridgehead atoms. The first-order chi connectivity index (χ1) is 17.2. The zero-order valence-corrected chi connectivity index (χ0v) is 21.5. The van der Waals surface area contributed by atoms with Gasteiger partial charge in [-0.2, -0.15) is 5.10 Å². The quantitative estimate of drug-likeness (QED) is 0.232. The molecule has 186 valence electrons. The van der Waals surface area contributed by atoms with Crippen molar-refractivity contribution in [2.45, 2.75) is 52.5 Å². The minimum absolute atomic E-state index is 0.0219. The Kier molecular flexibility index (Phi) is 7.85. The van der Waals surface area contributed by atoms with Gasteiger partial charge in [0.25, 0.3) is 0 Å². The van der Waals surface area contributed by atoms with Gasteiger partial charge >= 0.3 is 5.97 Å². The molecule has 0 aliphatic rings. The van der Waals surface area contributed by atoms with Crippen molar-refractivity contribution < 1.29 is 14.7 Å². The van der Waals surface area contributed by atoms with Gasteiger partial charge in [0.05, 0.1) is 17.8 Å². The first-order valence-corrected chi connectivity index (χ1v) is 12.6. The lowest BCUT2D eigenvalue weighted by atomic mass is 9.97. The number of hydrogen-bond donors (Lipinski definition) is 1. The number of aliphatic carboxylic acids is 1. The van der Waals surface area contributed by atoms with Gasteiger partial charge in [-0.1, -0.05) is 43.6 Å². The van der Waals surface area contributed by atoms with Crippen LogP contribution >= 0.6 is 11.6 Å². The fourth-order valence-corrected chi connectivity index (χ4v) is 4.77. The van der Waals surface area contributed by atoms with Crippen molar-refractivity contribution in [1.82, 2.24) is 14.8 Å². The van der Waals surface area contributed by atoms with E-state index in [1.54, 1.807) is 12.3 Å². The predicted octanol–water partition coefficient (Wildman–Crippen LogP) is 7.13. The van der Waals surface area contributed by atoms with E-state index in [1.165, 1.54) is 0 Å². The van der Waals surface area contributed by atoms with Crippen LogP contribution in [0.5, 0.6) is 0 Å². The van der Waals surface area contributed by atoms with Crippen molar-refractivity contribution in [1.29, 1.82) is 0 Å². The Balaban J connectivity index is 1.62. The minimum atomic E-state index is -0.899. The van der Waals surface area contributed by atoms with E-state index in [-0.39, 0.29) is 24.7 Å². The van der Waals surface area contributed by atoms with Crippen LogP contribution in [0.4, 0.5) is 0 Å². The third-order valence-electron chi connectivity index (χ3n) is 6.34. The number of aryl methyl sites for hydroxylation is 1. The van der Waals surface area contributed by atoms with Crippen molar-refractivity contribution in [2.24, 2.45) is 5.92 Å². The van der Waals surface area contributed by atoms with E-state index < -0.39 is 5.97 Å². The van der Waals surface area contributed by atoms with Gasteiger partial charge in [-0.05, 0) is 78.3 Å². The molecule has 4 aromatic rings. The molecule has 2 heterocycles. The molecular weight excluding hydrogens is 474 g/mol. The number of nitrogens with zero attached hydrogens (tertiary/aromatic N) is 3. The second kappa shape index (κ2) is 11.0. The molecule has 0 saturated carbocycles. The molecule has 2 aromatic heterocycles. The summed E-state index contributed by atoms with van der Waals surface area (Å²) in [6.07, 6.45) is 4.97. The van der Waals surface area contributed by atoms with Crippen molar-refractivity contribution in [3.8, 4) is 11.1 Å². The first kappa shape index (κ1) is 25.6. The lowest BCUT2D eigenvalue weighted by molar-refractivity contribution is -0.137. The van der Waals surface area contributed by atoms with Gasteiger partial charge in [0.1, 0.15) is 5.69 Å². The standard InChI is InChI=1S/C29H30ClN3O3/c1-18(2)13-27(21-7-11-25(31-16-21)28(34)5-4-6-29(35)36)33-26-12-8-20(15-22(26)17-32-33)24-10-9-23(30)14-19(24)3/h7-12,14-18,27H,4-6,13H2,1-3H3,(H,35,36). The molecular formula is C29H30ClN3O3. The second-order valence-electron chi connectivity index (χ2n) is 9.61. The number of hydrogen-bond acceptors (Lipinski definition) is 4. The number of benzene rings is 2. The fourth-order valence-electron chi connectivity index (χ4n) is 4.54. The topological polar surface area (TPSA) is 85.1 Å². The largest absolute Gasteiger partial charge is 0.481 e. The molecule has 0 fully saturated rings. The Hall–Kier alpha value is -3.51. The summed E-state index contributed by atoms with van der Waals surface area (Å²) in [6.45, 7) is 6.41. The van der Waals surface area contributed by atoms with E-state index in [1.807, 2.05) is 35.1 Å². The van der Waals surface area contributed by atoms with Gasteiger partial charge in [0, 0.05) is 29.4 Å². The van der Waals surface area contributed by atoms with Gasteiger partial charge in [-0.3, -0.25) is 19.3 Å². The molecule has 0 amide bonds. The van der Waals surface area contributed by atoms with E-state index in [2.05, 4.69) is 44.0 Å². The zero-order chi connectivity index (χ0) is 25.8. The number of carboxylic acid groups (broad SMARTS) is 1. The van der Waals surface area contributed by atoms with Gasteiger partial charge in [-0.15, -0.1) is 0 Å². The third-order valence-corrected chi connectivity index (χ3v) is 6.57. The maximum atomic E-state index is 12.4. The summed E-state index contributed by atoms with van der Waals surface area (Å²) in [5.41, 5.74) is 5.75. The fraction of sp³-hybridized carbons (Fsp3) is 0.310. The van der Waals surface area contributed by atoms with Gasteiger partial charge < -0.3 is 5.11 Å². The molecule has 0 spiro atoms. The van der Waals surface area contributed by atoms with Crippen LogP contribution in [0.15, 0.2) is 60.9 Å². The summed E-state index contributed by atoms with van der Waals surface area (Å²) in [6, 6.07) is 15.9. The smallest absolute Gasteiger partial charge is 0.303 e. The Bertz CT molecular complexity index is 1390. The van der Waals surface area contributed by atoms with E-state index in [9.17, 15) is 9.59 Å². The van der Waals surface area contributed by atoms with Gasteiger partial charge in [0.2, 0.25) is 0 Å².